The van der Waals surface area contributed by atoms with Crippen molar-refractivity contribution < 1.29 is 9.53 Å². The fraction of sp³-hybridized carbons (Fsp3) is 0.267. The fourth-order valence-electron chi connectivity index (χ4n) is 1.91. The Morgan fingerprint density at radius 1 is 1.35 bits per heavy atom. The van der Waals surface area contributed by atoms with Gasteiger partial charge in [-0.05, 0) is 36.9 Å². The molecule has 3 N–H and O–H groups in total. The largest absolute Gasteiger partial charge is 0.493 e. The Morgan fingerprint density at radius 2 is 2.20 bits per heavy atom. The van der Waals surface area contributed by atoms with Crippen molar-refractivity contribution in [3.63, 3.8) is 0 Å². The van der Waals surface area contributed by atoms with Crippen LogP contribution in [0.2, 0.25) is 0 Å². The van der Waals surface area contributed by atoms with Crippen LogP contribution < -0.4 is 15.8 Å². The van der Waals surface area contributed by atoms with Gasteiger partial charge in [-0.25, -0.2) is 0 Å². The number of rotatable bonds is 6. The molecule has 2 rings (SSSR count). The molecule has 0 aliphatic heterocycles. The van der Waals surface area contributed by atoms with E-state index in [1.54, 1.807) is 29.5 Å². The first-order valence-corrected chi connectivity index (χ1v) is 7.42. The van der Waals surface area contributed by atoms with Gasteiger partial charge in [0.15, 0.2) is 0 Å². The summed E-state index contributed by atoms with van der Waals surface area (Å²) in [5.74, 6) is 0.337. The van der Waals surface area contributed by atoms with Crippen molar-refractivity contribution in [2.24, 2.45) is 0 Å². The number of carbonyl (C=O) groups excluding carboxylic acids is 1. The Kier molecular flexibility index (Phi) is 5.01. The van der Waals surface area contributed by atoms with E-state index in [9.17, 15) is 4.79 Å². The third-order valence-corrected chi connectivity index (χ3v) is 3.76. The molecule has 0 bridgehead atoms. The highest BCUT2D eigenvalue weighted by Gasteiger charge is 2.15. The van der Waals surface area contributed by atoms with Crippen LogP contribution in [0.4, 0.5) is 5.69 Å². The minimum absolute atomic E-state index is 0.192. The van der Waals surface area contributed by atoms with E-state index < -0.39 is 0 Å². The zero-order valence-corrected chi connectivity index (χ0v) is 12.2. The van der Waals surface area contributed by atoms with Gasteiger partial charge in [0.05, 0.1) is 6.61 Å². The topological polar surface area (TPSA) is 64.3 Å². The Hall–Kier alpha value is -2.01. The number of ether oxygens (including phenoxy) is 1. The SMILES string of the molecule is CCOc1cccc(N)c1C(=O)NCCc1cccs1. The number of anilines is 1. The highest BCUT2D eigenvalue weighted by Crippen LogP contribution is 2.24. The van der Waals surface area contributed by atoms with E-state index >= 15 is 0 Å². The Balaban J connectivity index is 2.01. The molecule has 0 spiro atoms. The normalized spacial score (nSPS) is 10.2. The van der Waals surface area contributed by atoms with Crippen molar-refractivity contribution in [2.75, 3.05) is 18.9 Å². The number of nitrogens with two attached hydrogens (primary N) is 1. The molecule has 0 unspecified atom stereocenters. The van der Waals surface area contributed by atoms with Crippen molar-refractivity contribution in [1.82, 2.24) is 5.32 Å². The third-order valence-electron chi connectivity index (χ3n) is 2.82. The Morgan fingerprint density at radius 3 is 2.90 bits per heavy atom. The lowest BCUT2D eigenvalue weighted by atomic mass is 10.1. The van der Waals surface area contributed by atoms with E-state index in [1.165, 1.54) is 4.88 Å². The van der Waals surface area contributed by atoms with Crippen molar-refractivity contribution in [2.45, 2.75) is 13.3 Å². The summed E-state index contributed by atoms with van der Waals surface area (Å²) >= 11 is 1.68. The van der Waals surface area contributed by atoms with Crippen LogP contribution >= 0.6 is 11.3 Å². The molecular formula is C15H18N2O2S. The highest BCUT2D eigenvalue weighted by molar-refractivity contribution is 7.09. The van der Waals surface area contributed by atoms with Crippen molar-refractivity contribution >= 4 is 22.9 Å². The number of nitrogens with one attached hydrogen (secondary N) is 1. The lowest BCUT2D eigenvalue weighted by molar-refractivity contribution is 0.0951. The lowest BCUT2D eigenvalue weighted by Crippen LogP contribution is -2.27. The quantitative estimate of drug-likeness (QED) is 0.804. The summed E-state index contributed by atoms with van der Waals surface area (Å²) in [4.78, 5) is 13.5. The summed E-state index contributed by atoms with van der Waals surface area (Å²) in [7, 11) is 0. The Labute approximate surface area is 122 Å². The van der Waals surface area contributed by atoms with Gasteiger partial charge in [-0.2, -0.15) is 0 Å². The average Bonchev–Trinajstić information content (AvgIpc) is 2.92. The van der Waals surface area contributed by atoms with Gasteiger partial charge < -0.3 is 15.8 Å². The molecule has 1 aromatic carbocycles. The summed E-state index contributed by atoms with van der Waals surface area (Å²) in [5.41, 5.74) is 6.73. The van der Waals surface area contributed by atoms with Gasteiger partial charge in [0.25, 0.3) is 5.91 Å². The number of thiophene rings is 1. The van der Waals surface area contributed by atoms with Crippen LogP contribution in [-0.4, -0.2) is 19.1 Å². The molecule has 1 heterocycles. The molecule has 0 fully saturated rings. The number of nitrogen functional groups attached to an aromatic ring is 1. The number of amides is 1. The molecular weight excluding hydrogens is 272 g/mol. The van der Waals surface area contributed by atoms with Gasteiger partial charge in [0.1, 0.15) is 11.3 Å². The van der Waals surface area contributed by atoms with Crippen LogP contribution in [0.5, 0.6) is 5.75 Å². The summed E-state index contributed by atoms with van der Waals surface area (Å²) in [6.07, 6.45) is 0.820. The number of hydrogen-bond acceptors (Lipinski definition) is 4. The van der Waals surface area contributed by atoms with Crippen molar-refractivity contribution in [3.8, 4) is 5.75 Å². The maximum Gasteiger partial charge on any atom is 0.257 e. The summed E-state index contributed by atoms with van der Waals surface area (Å²) in [6.45, 7) is 2.96. The fourth-order valence-corrected chi connectivity index (χ4v) is 2.62. The molecule has 0 atom stereocenters. The Bertz CT molecular complexity index is 567. The molecule has 0 saturated heterocycles. The van der Waals surface area contributed by atoms with Gasteiger partial charge in [-0.3, -0.25) is 4.79 Å². The minimum Gasteiger partial charge on any atom is -0.493 e. The van der Waals surface area contributed by atoms with Crippen LogP contribution in [0.3, 0.4) is 0 Å². The molecule has 2 aromatic rings. The molecule has 1 aromatic heterocycles. The lowest BCUT2D eigenvalue weighted by Gasteiger charge is -2.12. The van der Waals surface area contributed by atoms with E-state index in [2.05, 4.69) is 11.4 Å². The average molecular weight is 290 g/mol. The highest BCUT2D eigenvalue weighted by atomic mass is 32.1. The van der Waals surface area contributed by atoms with Gasteiger partial charge in [0.2, 0.25) is 0 Å². The second kappa shape index (κ2) is 6.96. The zero-order valence-electron chi connectivity index (χ0n) is 11.4. The third kappa shape index (κ3) is 3.51. The molecule has 0 saturated carbocycles. The van der Waals surface area contributed by atoms with Crippen LogP contribution in [0.15, 0.2) is 35.7 Å². The molecule has 1 amide bonds. The number of hydrogen-bond donors (Lipinski definition) is 2. The van der Waals surface area contributed by atoms with Gasteiger partial charge in [-0.1, -0.05) is 12.1 Å². The van der Waals surface area contributed by atoms with Gasteiger partial charge >= 0.3 is 0 Å². The van der Waals surface area contributed by atoms with Crippen molar-refractivity contribution in [3.05, 3.63) is 46.2 Å². The van der Waals surface area contributed by atoms with E-state index in [1.807, 2.05) is 18.4 Å². The first kappa shape index (κ1) is 14.4. The summed E-state index contributed by atoms with van der Waals surface area (Å²) in [6, 6.07) is 9.30. The maximum absolute atomic E-state index is 12.2. The van der Waals surface area contributed by atoms with Gasteiger partial charge in [-0.15, -0.1) is 11.3 Å². The molecule has 106 valence electrons. The van der Waals surface area contributed by atoms with Crippen LogP contribution in [0.25, 0.3) is 0 Å². The standard InChI is InChI=1S/C15H18N2O2S/c1-2-19-13-7-3-6-12(16)14(13)15(18)17-9-8-11-5-4-10-20-11/h3-7,10H,2,8-9,16H2,1H3,(H,17,18). The predicted molar refractivity (Wildman–Crippen MR) is 82.4 cm³/mol. The molecule has 20 heavy (non-hydrogen) atoms. The minimum atomic E-state index is -0.192. The molecule has 0 radical (unpaired) electrons. The summed E-state index contributed by atoms with van der Waals surface area (Å²) in [5, 5.41) is 4.91. The van der Waals surface area contributed by atoms with E-state index in [0.29, 0.717) is 30.2 Å². The first-order valence-electron chi connectivity index (χ1n) is 6.54. The molecule has 4 nitrogen and oxygen atoms in total. The predicted octanol–water partition coefficient (Wildman–Crippen LogP) is 2.70. The molecule has 0 aliphatic rings. The number of benzene rings is 1. The smallest absolute Gasteiger partial charge is 0.257 e. The van der Waals surface area contributed by atoms with Crippen LogP contribution in [-0.2, 0) is 6.42 Å². The van der Waals surface area contributed by atoms with E-state index in [0.717, 1.165) is 6.42 Å². The monoisotopic (exact) mass is 290 g/mol. The second-order valence-corrected chi connectivity index (χ2v) is 5.27. The van der Waals surface area contributed by atoms with Crippen LogP contribution in [0.1, 0.15) is 22.2 Å². The van der Waals surface area contributed by atoms with E-state index in [4.69, 9.17) is 10.5 Å². The molecule has 0 aliphatic carbocycles. The zero-order chi connectivity index (χ0) is 14.4. The maximum atomic E-state index is 12.2. The second-order valence-electron chi connectivity index (χ2n) is 4.24. The number of carbonyl (C=O) groups is 1. The van der Waals surface area contributed by atoms with E-state index in [-0.39, 0.29) is 5.91 Å². The first-order chi connectivity index (χ1) is 9.72. The summed E-state index contributed by atoms with van der Waals surface area (Å²) < 4.78 is 5.45. The van der Waals surface area contributed by atoms with Crippen molar-refractivity contribution in [1.29, 1.82) is 0 Å². The van der Waals surface area contributed by atoms with Gasteiger partial charge in [0, 0.05) is 17.1 Å². The molecule has 5 heteroatoms. The van der Waals surface area contributed by atoms with Crippen LogP contribution in [0, 0.1) is 0 Å².